The predicted octanol–water partition coefficient (Wildman–Crippen LogP) is 5.99. The van der Waals surface area contributed by atoms with E-state index in [9.17, 15) is 9.59 Å². The van der Waals surface area contributed by atoms with E-state index in [4.69, 9.17) is 31.5 Å². The quantitative estimate of drug-likeness (QED) is 0.179. The van der Waals surface area contributed by atoms with Gasteiger partial charge in [-0.25, -0.2) is 9.59 Å². The molecule has 0 spiro atoms. The van der Waals surface area contributed by atoms with Gasteiger partial charge < -0.3 is 25.3 Å². The highest BCUT2D eigenvalue weighted by molar-refractivity contribution is 6.31. The maximum absolute atomic E-state index is 14.1. The molecule has 252 valence electrons. The summed E-state index contributed by atoms with van der Waals surface area (Å²) < 4.78 is 17.1. The van der Waals surface area contributed by atoms with Gasteiger partial charge in [0.1, 0.15) is 0 Å². The molecule has 3 aromatic rings. The molecule has 2 aliphatic heterocycles. The molecule has 3 atom stereocenters. The fraction of sp³-hybridized carbons (Fsp3) is 0.385. The van der Waals surface area contributed by atoms with E-state index in [1.54, 1.807) is 13.0 Å². The minimum Gasteiger partial charge on any atom is -0.466 e. The van der Waals surface area contributed by atoms with Gasteiger partial charge in [-0.1, -0.05) is 90.5 Å². The molecular weight excluding hydrogens is 626 g/mol. The first-order valence-electron chi connectivity index (χ1n) is 16.7. The van der Waals surface area contributed by atoms with Gasteiger partial charge >= 0.3 is 11.9 Å². The van der Waals surface area contributed by atoms with Crippen LogP contribution in [0.1, 0.15) is 48.4 Å². The molecule has 3 unspecified atom stereocenters. The zero-order valence-corrected chi connectivity index (χ0v) is 28.3. The molecular formula is C39H44ClN3O5. The minimum atomic E-state index is -0.791. The van der Waals surface area contributed by atoms with Crippen molar-refractivity contribution in [2.24, 2.45) is 23.5 Å². The van der Waals surface area contributed by atoms with Gasteiger partial charge in [-0.05, 0) is 60.3 Å². The van der Waals surface area contributed by atoms with Gasteiger partial charge in [-0.15, -0.1) is 0 Å². The second-order valence-corrected chi connectivity index (χ2v) is 13.4. The SMILES string of the molecule is COC(=O)C1=C(C)NC(COCCN)=C(C(=O)OCC2CC3CN(C(c4ccccc4)c4ccccc4)CC3C2)C1c1ccccc1Cl. The Morgan fingerprint density at radius 1 is 0.896 bits per heavy atom. The lowest BCUT2D eigenvalue weighted by Gasteiger charge is -2.32. The Bertz CT molecular complexity index is 1610. The third kappa shape index (κ3) is 7.22. The van der Waals surface area contributed by atoms with Crippen molar-refractivity contribution >= 4 is 23.5 Å². The summed E-state index contributed by atoms with van der Waals surface area (Å²) in [6, 6.07) is 28.9. The Morgan fingerprint density at radius 3 is 2.08 bits per heavy atom. The van der Waals surface area contributed by atoms with Gasteiger partial charge in [0.05, 0.1) is 55.7 Å². The summed E-state index contributed by atoms with van der Waals surface area (Å²) >= 11 is 6.69. The van der Waals surface area contributed by atoms with Crippen molar-refractivity contribution in [3.63, 3.8) is 0 Å². The first-order chi connectivity index (χ1) is 23.4. The van der Waals surface area contributed by atoms with Crippen molar-refractivity contribution < 1.29 is 23.8 Å². The third-order valence-electron chi connectivity index (χ3n) is 9.92. The van der Waals surface area contributed by atoms with Crippen LogP contribution in [0.2, 0.25) is 5.02 Å². The number of dihydropyridines is 1. The largest absolute Gasteiger partial charge is 0.466 e. The first kappa shape index (κ1) is 33.9. The van der Waals surface area contributed by atoms with E-state index in [2.05, 4.69) is 70.9 Å². The van der Waals surface area contributed by atoms with Gasteiger partial charge in [0.15, 0.2) is 0 Å². The topological polar surface area (TPSA) is 103 Å². The number of halogens is 1. The van der Waals surface area contributed by atoms with E-state index in [-0.39, 0.29) is 18.6 Å². The zero-order chi connectivity index (χ0) is 33.6. The number of esters is 2. The highest BCUT2D eigenvalue weighted by atomic mass is 35.5. The van der Waals surface area contributed by atoms with Crippen LogP contribution >= 0.6 is 11.6 Å². The van der Waals surface area contributed by atoms with E-state index < -0.39 is 17.9 Å². The second-order valence-electron chi connectivity index (χ2n) is 13.0. The van der Waals surface area contributed by atoms with Crippen LogP contribution in [0.3, 0.4) is 0 Å². The lowest BCUT2D eigenvalue weighted by Crippen LogP contribution is -2.35. The number of nitrogens with zero attached hydrogens (tertiary/aromatic N) is 1. The van der Waals surface area contributed by atoms with Crippen LogP contribution in [0.25, 0.3) is 0 Å². The normalized spacial score (nSPS) is 22.5. The molecule has 2 fully saturated rings. The van der Waals surface area contributed by atoms with Crippen molar-refractivity contribution in [3.8, 4) is 0 Å². The number of allylic oxidation sites excluding steroid dienone is 1. The number of benzene rings is 3. The van der Waals surface area contributed by atoms with Crippen molar-refractivity contribution in [2.75, 3.05) is 46.6 Å². The van der Waals surface area contributed by atoms with Crippen molar-refractivity contribution in [2.45, 2.75) is 31.7 Å². The molecule has 1 saturated carbocycles. The van der Waals surface area contributed by atoms with Crippen LogP contribution in [0.15, 0.2) is 107 Å². The molecule has 9 heteroatoms. The zero-order valence-electron chi connectivity index (χ0n) is 27.6. The van der Waals surface area contributed by atoms with Crippen LogP contribution in [0.5, 0.6) is 0 Å². The van der Waals surface area contributed by atoms with Gasteiger partial charge in [-0.3, -0.25) is 4.90 Å². The smallest absolute Gasteiger partial charge is 0.336 e. The van der Waals surface area contributed by atoms with E-state index in [1.165, 1.54) is 18.2 Å². The van der Waals surface area contributed by atoms with Gasteiger partial charge in [0, 0.05) is 30.4 Å². The molecule has 48 heavy (non-hydrogen) atoms. The number of fused-ring (bicyclic) bond motifs is 1. The van der Waals surface area contributed by atoms with E-state index in [0.29, 0.717) is 64.7 Å². The standard InChI is InChI=1S/C39H44ClN3O5/c1-25-34(38(44)46-2)35(31-15-9-10-16-32(31)40)36(33(42-25)24-47-18-17-41)39(45)48-23-26-19-29-21-43(22-30(29)20-26)37(27-11-5-3-6-12-27)28-13-7-4-8-14-28/h3-16,26,29-30,35,37,42H,17-24,41H2,1-2H3. The van der Waals surface area contributed by atoms with Gasteiger partial charge in [-0.2, -0.15) is 0 Å². The monoisotopic (exact) mass is 669 g/mol. The highest BCUT2D eigenvalue weighted by Gasteiger charge is 2.44. The summed E-state index contributed by atoms with van der Waals surface area (Å²) in [5.74, 6) is -0.517. The summed E-state index contributed by atoms with van der Waals surface area (Å²) in [7, 11) is 1.33. The Hall–Kier alpha value is -3.95. The molecule has 6 rings (SSSR count). The number of likely N-dealkylation sites (tertiary alicyclic amines) is 1. The van der Waals surface area contributed by atoms with Gasteiger partial charge in [0.25, 0.3) is 0 Å². The molecule has 0 radical (unpaired) electrons. The average Bonchev–Trinajstić information content (AvgIpc) is 3.67. The summed E-state index contributed by atoms with van der Waals surface area (Å²) in [6.45, 7) is 4.84. The molecule has 0 amide bonds. The summed E-state index contributed by atoms with van der Waals surface area (Å²) in [4.78, 5) is 29.9. The number of carbonyl (C=O) groups is 2. The summed E-state index contributed by atoms with van der Waals surface area (Å²) in [5, 5.41) is 3.67. The number of hydrogen-bond acceptors (Lipinski definition) is 8. The number of ether oxygens (including phenoxy) is 3. The number of rotatable bonds is 12. The highest BCUT2D eigenvalue weighted by Crippen LogP contribution is 2.46. The Balaban J connectivity index is 1.18. The Kier molecular flexibility index (Phi) is 11.0. The number of nitrogens with two attached hydrogens (primary N) is 1. The lowest BCUT2D eigenvalue weighted by atomic mass is 9.80. The molecule has 1 saturated heterocycles. The minimum absolute atomic E-state index is 0.0990. The van der Waals surface area contributed by atoms with Crippen LogP contribution in [0.4, 0.5) is 0 Å². The summed E-state index contributed by atoms with van der Waals surface area (Å²) in [5.41, 5.74) is 10.6. The molecule has 2 heterocycles. The van der Waals surface area contributed by atoms with Crippen molar-refractivity contribution in [1.29, 1.82) is 0 Å². The van der Waals surface area contributed by atoms with Crippen molar-refractivity contribution in [1.82, 2.24) is 10.2 Å². The van der Waals surface area contributed by atoms with Crippen LogP contribution < -0.4 is 11.1 Å². The molecule has 0 bridgehead atoms. The first-order valence-corrected chi connectivity index (χ1v) is 17.1. The maximum Gasteiger partial charge on any atom is 0.336 e. The number of methoxy groups -OCH3 is 1. The van der Waals surface area contributed by atoms with E-state index in [0.717, 1.165) is 25.9 Å². The molecule has 8 nitrogen and oxygen atoms in total. The third-order valence-corrected chi connectivity index (χ3v) is 10.3. The molecule has 0 aromatic heterocycles. The van der Waals surface area contributed by atoms with Crippen LogP contribution in [0, 0.1) is 17.8 Å². The fourth-order valence-electron chi connectivity index (χ4n) is 7.87. The lowest BCUT2D eigenvalue weighted by molar-refractivity contribution is -0.141. The molecule has 1 aliphatic carbocycles. The fourth-order valence-corrected chi connectivity index (χ4v) is 8.12. The molecule has 3 aliphatic rings. The van der Waals surface area contributed by atoms with Crippen LogP contribution in [-0.4, -0.2) is 63.4 Å². The maximum atomic E-state index is 14.1. The van der Waals surface area contributed by atoms with Crippen LogP contribution in [-0.2, 0) is 23.8 Å². The van der Waals surface area contributed by atoms with E-state index >= 15 is 0 Å². The molecule has 3 aromatic carbocycles. The Labute approximate surface area is 287 Å². The predicted molar refractivity (Wildman–Crippen MR) is 186 cm³/mol. The van der Waals surface area contributed by atoms with E-state index in [1.807, 2.05) is 18.2 Å². The van der Waals surface area contributed by atoms with Gasteiger partial charge in [0.2, 0.25) is 0 Å². The number of nitrogens with one attached hydrogen (secondary N) is 1. The average molecular weight is 670 g/mol. The second kappa shape index (κ2) is 15.5. The number of carbonyl (C=O) groups excluding carboxylic acids is 2. The number of hydrogen-bond donors (Lipinski definition) is 2. The van der Waals surface area contributed by atoms with Crippen molar-refractivity contribution in [3.05, 3.63) is 129 Å². The Morgan fingerprint density at radius 2 is 1.50 bits per heavy atom. The molecule has 3 N–H and O–H groups in total. The summed E-state index contributed by atoms with van der Waals surface area (Å²) in [6.07, 6.45) is 1.99.